The third kappa shape index (κ3) is 3.64. The van der Waals surface area contributed by atoms with Crippen molar-refractivity contribution >= 4 is 11.9 Å². The predicted octanol–water partition coefficient (Wildman–Crippen LogP) is 1.33. The number of amides is 1. The fourth-order valence-electron chi connectivity index (χ4n) is 3.25. The molecule has 6 nitrogen and oxygen atoms in total. The van der Waals surface area contributed by atoms with Crippen molar-refractivity contribution in [2.24, 2.45) is 5.92 Å². The van der Waals surface area contributed by atoms with E-state index in [0.717, 1.165) is 11.3 Å². The molecule has 1 fully saturated rings. The average molecular weight is 319 g/mol. The molecule has 1 aromatic rings. The van der Waals surface area contributed by atoms with Crippen molar-refractivity contribution in [3.63, 3.8) is 0 Å². The molecular formula is C17H21NO5. The first kappa shape index (κ1) is 15.8. The van der Waals surface area contributed by atoms with Crippen LogP contribution in [0.15, 0.2) is 24.3 Å². The summed E-state index contributed by atoms with van der Waals surface area (Å²) in [6.45, 7) is 1.17. The quantitative estimate of drug-likeness (QED) is 0.906. The van der Waals surface area contributed by atoms with E-state index in [4.69, 9.17) is 14.6 Å². The Balaban J connectivity index is 1.74. The number of carbonyl (C=O) groups is 2. The number of rotatable bonds is 4. The van der Waals surface area contributed by atoms with Gasteiger partial charge in [0.05, 0.1) is 5.92 Å². The summed E-state index contributed by atoms with van der Waals surface area (Å²) >= 11 is 0. The van der Waals surface area contributed by atoms with Gasteiger partial charge in [0.15, 0.2) is 0 Å². The summed E-state index contributed by atoms with van der Waals surface area (Å²) in [7, 11) is 0. The van der Waals surface area contributed by atoms with E-state index in [0.29, 0.717) is 39.1 Å². The molecule has 0 saturated carbocycles. The fraction of sp³-hybridized carbons (Fsp3) is 0.529. The lowest BCUT2D eigenvalue weighted by atomic mass is 9.94. The number of aliphatic carboxylic acids is 1. The highest BCUT2D eigenvalue weighted by Gasteiger charge is 2.34. The van der Waals surface area contributed by atoms with Gasteiger partial charge < -0.3 is 19.5 Å². The van der Waals surface area contributed by atoms with Crippen LogP contribution in [0.4, 0.5) is 0 Å². The second kappa shape index (κ2) is 7.00. The predicted molar refractivity (Wildman–Crippen MR) is 82.3 cm³/mol. The molecule has 1 amide bonds. The minimum atomic E-state index is -0.984. The minimum Gasteiger partial charge on any atom is -0.492 e. The molecule has 0 radical (unpaired) electrons. The van der Waals surface area contributed by atoms with Gasteiger partial charge in [0.2, 0.25) is 5.91 Å². The second-order valence-corrected chi connectivity index (χ2v) is 6.02. The van der Waals surface area contributed by atoms with Crippen molar-refractivity contribution in [3.8, 4) is 5.75 Å². The van der Waals surface area contributed by atoms with Crippen LogP contribution in [0.3, 0.4) is 0 Å². The Hall–Kier alpha value is -2.08. The van der Waals surface area contributed by atoms with E-state index in [-0.39, 0.29) is 24.4 Å². The maximum Gasteiger partial charge on any atom is 0.323 e. The number of carboxylic acids is 1. The van der Waals surface area contributed by atoms with Gasteiger partial charge in [-0.15, -0.1) is 0 Å². The van der Waals surface area contributed by atoms with Gasteiger partial charge >= 0.3 is 5.97 Å². The van der Waals surface area contributed by atoms with Gasteiger partial charge in [-0.2, -0.15) is 0 Å². The molecule has 1 N–H and O–H groups in total. The molecule has 0 spiro atoms. The second-order valence-electron chi connectivity index (χ2n) is 6.02. The van der Waals surface area contributed by atoms with E-state index < -0.39 is 5.97 Å². The van der Waals surface area contributed by atoms with Gasteiger partial charge in [0.1, 0.15) is 18.9 Å². The van der Waals surface area contributed by atoms with Gasteiger partial charge in [0, 0.05) is 19.3 Å². The van der Waals surface area contributed by atoms with Gasteiger partial charge in [-0.05, 0) is 30.9 Å². The zero-order valence-electron chi connectivity index (χ0n) is 12.9. The molecular weight excluding hydrogens is 298 g/mol. The Labute approximate surface area is 135 Å². The lowest BCUT2D eigenvalue weighted by Gasteiger charge is -2.36. The highest BCUT2D eigenvalue weighted by atomic mass is 16.5. The molecule has 0 bridgehead atoms. The van der Waals surface area contributed by atoms with Gasteiger partial charge in [-0.1, -0.05) is 18.2 Å². The molecule has 6 heteroatoms. The van der Waals surface area contributed by atoms with Crippen molar-refractivity contribution in [1.29, 1.82) is 0 Å². The van der Waals surface area contributed by atoms with Crippen LogP contribution >= 0.6 is 0 Å². The Morgan fingerprint density at radius 1 is 1.22 bits per heavy atom. The largest absolute Gasteiger partial charge is 0.492 e. The van der Waals surface area contributed by atoms with Crippen LogP contribution < -0.4 is 4.74 Å². The normalized spacial score (nSPS) is 21.1. The Kier molecular flexibility index (Phi) is 4.81. The number of benzene rings is 1. The number of nitrogens with zero attached hydrogens (tertiary/aromatic N) is 1. The van der Waals surface area contributed by atoms with E-state index in [1.807, 2.05) is 24.3 Å². The smallest absolute Gasteiger partial charge is 0.323 e. The first-order chi connectivity index (χ1) is 11.1. The lowest BCUT2D eigenvalue weighted by Crippen LogP contribution is -2.50. The third-order valence-electron chi connectivity index (χ3n) is 4.45. The zero-order valence-corrected chi connectivity index (χ0v) is 12.9. The van der Waals surface area contributed by atoms with Crippen molar-refractivity contribution in [2.45, 2.75) is 25.3 Å². The molecule has 2 heterocycles. The van der Waals surface area contributed by atoms with E-state index in [1.165, 1.54) is 4.90 Å². The maximum absolute atomic E-state index is 12.9. The van der Waals surface area contributed by atoms with Crippen LogP contribution in [0.5, 0.6) is 5.75 Å². The van der Waals surface area contributed by atoms with Gasteiger partial charge in [0.25, 0.3) is 0 Å². The molecule has 23 heavy (non-hydrogen) atoms. The van der Waals surface area contributed by atoms with Crippen molar-refractivity contribution < 1.29 is 24.2 Å². The molecule has 0 aromatic heterocycles. The summed E-state index contributed by atoms with van der Waals surface area (Å²) in [5.41, 5.74) is 0.999. The Bertz CT molecular complexity index is 582. The third-order valence-corrected chi connectivity index (χ3v) is 4.45. The van der Waals surface area contributed by atoms with E-state index in [1.54, 1.807) is 0 Å². The molecule has 3 rings (SSSR count). The summed E-state index contributed by atoms with van der Waals surface area (Å²) in [4.78, 5) is 25.6. The van der Waals surface area contributed by atoms with E-state index in [9.17, 15) is 9.59 Å². The summed E-state index contributed by atoms with van der Waals surface area (Å²) in [6.07, 6.45) is 1.96. The van der Waals surface area contributed by atoms with Crippen molar-refractivity contribution in [3.05, 3.63) is 29.8 Å². The molecule has 124 valence electrons. The monoisotopic (exact) mass is 319 g/mol. The maximum atomic E-state index is 12.9. The average Bonchev–Trinajstić information content (AvgIpc) is 2.59. The molecule has 1 atom stereocenters. The number of carbonyl (C=O) groups excluding carboxylic acids is 1. The van der Waals surface area contributed by atoms with Gasteiger partial charge in [-0.3, -0.25) is 9.59 Å². The Morgan fingerprint density at radius 2 is 1.96 bits per heavy atom. The van der Waals surface area contributed by atoms with Crippen molar-refractivity contribution in [1.82, 2.24) is 4.90 Å². The van der Waals surface area contributed by atoms with Crippen LogP contribution in [0.1, 0.15) is 18.4 Å². The number of carboxylic acid groups (broad SMARTS) is 1. The lowest BCUT2D eigenvalue weighted by molar-refractivity contribution is -0.150. The standard InChI is InChI=1S/C17H21NO5/c19-16(20)10-18(14-5-7-22-8-6-14)17(21)13-9-12-3-1-2-4-15(12)23-11-13/h1-4,13-14H,5-11H2,(H,19,20)/t13-/m0/s1. The van der Waals surface area contributed by atoms with Crippen LogP contribution in [0.2, 0.25) is 0 Å². The summed E-state index contributed by atoms with van der Waals surface area (Å²) in [5.74, 6) is -0.629. The SMILES string of the molecule is O=C(O)CN(C(=O)[C@@H]1COc2ccccc2C1)C1CCOCC1. The summed E-state index contributed by atoms with van der Waals surface area (Å²) in [5, 5.41) is 9.16. The van der Waals surface area contributed by atoms with E-state index in [2.05, 4.69) is 0 Å². The molecule has 1 saturated heterocycles. The minimum absolute atomic E-state index is 0.0653. The summed E-state index contributed by atoms with van der Waals surface area (Å²) < 4.78 is 11.0. The fourth-order valence-corrected chi connectivity index (χ4v) is 3.25. The number of hydrogen-bond donors (Lipinski definition) is 1. The molecule has 1 aromatic carbocycles. The summed E-state index contributed by atoms with van der Waals surface area (Å²) in [6, 6.07) is 7.60. The first-order valence-corrected chi connectivity index (χ1v) is 7.96. The molecule has 0 aliphatic carbocycles. The van der Waals surface area contributed by atoms with E-state index >= 15 is 0 Å². The molecule has 2 aliphatic heterocycles. The van der Waals surface area contributed by atoms with Crippen LogP contribution in [0, 0.1) is 5.92 Å². The van der Waals surface area contributed by atoms with Crippen LogP contribution in [-0.4, -0.2) is 54.3 Å². The number of ether oxygens (including phenoxy) is 2. The first-order valence-electron chi connectivity index (χ1n) is 7.96. The molecule has 0 unspecified atom stereocenters. The number of fused-ring (bicyclic) bond motifs is 1. The Morgan fingerprint density at radius 3 is 2.70 bits per heavy atom. The highest BCUT2D eigenvalue weighted by molar-refractivity contribution is 5.84. The van der Waals surface area contributed by atoms with Crippen LogP contribution in [-0.2, 0) is 20.7 Å². The van der Waals surface area contributed by atoms with Gasteiger partial charge in [-0.25, -0.2) is 0 Å². The topological polar surface area (TPSA) is 76.1 Å². The van der Waals surface area contributed by atoms with Crippen molar-refractivity contribution in [2.75, 3.05) is 26.4 Å². The zero-order chi connectivity index (χ0) is 16.2. The number of hydrogen-bond acceptors (Lipinski definition) is 4. The molecule has 2 aliphatic rings. The van der Waals surface area contributed by atoms with Crippen LogP contribution in [0.25, 0.3) is 0 Å². The number of para-hydroxylation sites is 1. The highest BCUT2D eigenvalue weighted by Crippen LogP contribution is 2.28.